The van der Waals surface area contributed by atoms with E-state index in [2.05, 4.69) is 25.8 Å². The summed E-state index contributed by atoms with van der Waals surface area (Å²) in [6, 6.07) is 8.19. The van der Waals surface area contributed by atoms with Gasteiger partial charge in [-0.2, -0.15) is 13.2 Å². The van der Waals surface area contributed by atoms with Crippen LogP contribution in [0.3, 0.4) is 0 Å². The quantitative estimate of drug-likeness (QED) is 0.517. The van der Waals surface area contributed by atoms with Gasteiger partial charge in [0.25, 0.3) is 0 Å². The molecule has 3 aromatic rings. The van der Waals surface area contributed by atoms with Gasteiger partial charge in [-0.3, -0.25) is 4.90 Å². The molecule has 0 amide bonds. The summed E-state index contributed by atoms with van der Waals surface area (Å²) in [6.07, 6.45) is -3.03. The third-order valence-corrected chi connectivity index (χ3v) is 5.64. The lowest BCUT2D eigenvalue weighted by molar-refractivity contribution is -0.140. The number of pyridine rings is 1. The minimum atomic E-state index is -4.78. The van der Waals surface area contributed by atoms with Gasteiger partial charge in [-0.15, -0.1) is 0 Å². The Morgan fingerprint density at radius 3 is 2.59 bits per heavy atom. The maximum Gasteiger partial charge on any atom is 0.420 e. The molecule has 0 unspecified atom stereocenters. The summed E-state index contributed by atoms with van der Waals surface area (Å²) in [5.74, 6) is -0.771. The van der Waals surface area contributed by atoms with E-state index in [-0.39, 0.29) is 16.5 Å². The second-order valence-corrected chi connectivity index (χ2v) is 7.74. The molecule has 1 aliphatic heterocycles. The number of hydrogen-bond acceptors (Lipinski definition) is 3. The van der Waals surface area contributed by atoms with Crippen molar-refractivity contribution in [3.8, 4) is 0 Å². The van der Waals surface area contributed by atoms with Crippen LogP contribution in [0.15, 0.2) is 41.0 Å². The van der Waals surface area contributed by atoms with Gasteiger partial charge in [0.15, 0.2) is 0 Å². The Balaban J connectivity index is 1.70. The van der Waals surface area contributed by atoms with E-state index in [9.17, 15) is 17.6 Å². The van der Waals surface area contributed by atoms with E-state index in [1.807, 2.05) is 22.6 Å². The maximum atomic E-state index is 14.7. The van der Waals surface area contributed by atoms with Gasteiger partial charge in [0.2, 0.25) is 0 Å². The van der Waals surface area contributed by atoms with Gasteiger partial charge >= 0.3 is 6.18 Å². The minimum absolute atomic E-state index is 0.0452. The zero-order chi connectivity index (χ0) is 20.6. The maximum absolute atomic E-state index is 14.7. The number of imidazole rings is 1. The molecular weight excluding hydrogens is 454 g/mol. The molecule has 1 aromatic carbocycles. The fourth-order valence-electron chi connectivity index (χ4n) is 3.54. The van der Waals surface area contributed by atoms with Gasteiger partial charge in [0.1, 0.15) is 17.2 Å². The van der Waals surface area contributed by atoms with E-state index in [4.69, 9.17) is 4.74 Å². The molecule has 3 heterocycles. The molecule has 0 radical (unpaired) electrons. The Kier molecular flexibility index (Phi) is 5.63. The second kappa shape index (κ2) is 8.04. The number of hydrogen-bond donors (Lipinski definition) is 0. The monoisotopic (exact) mass is 471 g/mol. The van der Waals surface area contributed by atoms with Crippen LogP contribution in [0.4, 0.5) is 17.6 Å². The number of fused-ring (bicyclic) bond motifs is 1. The summed E-state index contributed by atoms with van der Waals surface area (Å²) in [5.41, 5.74) is 0.345. The van der Waals surface area contributed by atoms with E-state index >= 15 is 0 Å². The number of nitrogens with zero attached hydrogens (tertiary/aromatic N) is 3. The van der Waals surface area contributed by atoms with E-state index in [1.54, 1.807) is 6.20 Å². The molecule has 9 heteroatoms. The van der Waals surface area contributed by atoms with Crippen LogP contribution in [0.2, 0.25) is 0 Å². The predicted molar refractivity (Wildman–Crippen MR) is 103 cm³/mol. The number of alkyl halides is 3. The summed E-state index contributed by atoms with van der Waals surface area (Å²) in [6.45, 7) is 3.49. The zero-order valence-electron chi connectivity index (χ0n) is 15.3. The van der Waals surface area contributed by atoms with Gasteiger partial charge in [-0.1, -0.05) is 28.1 Å². The van der Waals surface area contributed by atoms with Crippen molar-refractivity contribution in [1.82, 2.24) is 14.3 Å². The van der Waals surface area contributed by atoms with Crippen molar-refractivity contribution in [2.45, 2.75) is 19.1 Å². The number of benzene rings is 1. The fourth-order valence-corrected chi connectivity index (χ4v) is 4.08. The summed E-state index contributed by atoms with van der Waals surface area (Å²) in [4.78, 5) is 6.87. The smallest absolute Gasteiger partial charge is 0.379 e. The minimum Gasteiger partial charge on any atom is -0.379 e. The van der Waals surface area contributed by atoms with Crippen molar-refractivity contribution >= 4 is 21.4 Å². The Hall–Kier alpha value is -1.97. The van der Waals surface area contributed by atoms with Crippen LogP contribution >= 0.6 is 15.9 Å². The molecule has 1 aliphatic rings. The SMILES string of the molecule is Fc1c(Cc2nc(CN3CCOCC3)c3ccccn23)ccc(Br)c1C(F)(F)F. The summed E-state index contributed by atoms with van der Waals surface area (Å²) >= 11 is 2.81. The summed E-state index contributed by atoms with van der Waals surface area (Å²) in [7, 11) is 0. The molecule has 0 aliphatic carbocycles. The molecule has 29 heavy (non-hydrogen) atoms. The first-order valence-electron chi connectivity index (χ1n) is 9.13. The standard InChI is InChI=1S/C20H18BrF4N3O/c21-14-5-4-13(19(22)18(14)20(23,24)25)11-17-26-15(12-27-7-9-29-10-8-27)16-3-1-2-6-28(16)17/h1-6H,7-12H2. The molecule has 2 aromatic heterocycles. The third kappa shape index (κ3) is 4.17. The van der Waals surface area contributed by atoms with Gasteiger partial charge < -0.3 is 9.14 Å². The van der Waals surface area contributed by atoms with Crippen LogP contribution < -0.4 is 0 Å². The van der Waals surface area contributed by atoms with Gasteiger partial charge in [-0.25, -0.2) is 9.37 Å². The Bertz CT molecular complexity index is 1030. The molecule has 4 rings (SSSR count). The predicted octanol–water partition coefficient (Wildman–Crippen LogP) is 4.68. The average molecular weight is 472 g/mol. The van der Waals surface area contributed by atoms with E-state index in [1.165, 1.54) is 12.1 Å². The molecule has 0 bridgehead atoms. The lowest BCUT2D eigenvalue weighted by Crippen LogP contribution is -2.35. The largest absolute Gasteiger partial charge is 0.420 e. The van der Waals surface area contributed by atoms with Gasteiger partial charge in [-0.05, 0) is 23.8 Å². The normalized spacial score (nSPS) is 15.9. The summed E-state index contributed by atoms with van der Waals surface area (Å²) < 4.78 is 61.3. The van der Waals surface area contributed by atoms with Crippen molar-refractivity contribution in [3.63, 3.8) is 0 Å². The molecule has 0 atom stereocenters. The first-order valence-corrected chi connectivity index (χ1v) is 9.93. The highest BCUT2D eigenvalue weighted by atomic mass is 79.9. The third-order valence-electron chi connectivity index (χ3n) is 4.98. The number of ether oxygens (including phenoxy) is 1. The van der Waals surface area contributed by atoms with Crippen LogP contribution in [-0.2, 0) is 23.9 Å². The van der Waals surface area contributed by atoms with Crippen molar-refractivity contribution < 1.29 is 22.3 Å². The molecule has 0 N–H and O–H groups in total. The lowest BCUT2D eigenvalue weighted by Gasteiger charge is -2.25. The zero-order valence-corrected chi connectivity index (χ0v) is 16.9. The average Bonchev–Trinajstić information content (AvgIpc) is 3.01. The van der Waals surface area contributed by atoms with Crippen LogP contribution in [0.25, 0.3) is 5.52 Å². The molecule has 4 nitrogen and oxygen atoms in total. The summed E-state index contributed by atoms with van der Waals surface area (Å²) in [5, 5.41) is 0. The molecule has 0 saturated carbocycles. The topological polar surface area (TPSA) is 29.8 Å². The van der Waals surface area contributed by atoms with Gasteiger partial charge in [0.05, 0.1) is 24.4 Å². The second-order valence-electron chi connectivity index (χ2n) is 6.89. The molecule has 0 spiro atoms. The Morgan fingerprint density at radius 1 is 1.10 bits per heavy atom. The van der Waals surface area contributed by atoms with Crippen LogP contribution in [-0.4, -0.2) is 40.6 Å². The van der Waals surface area contributed by atoms with Gasteiger partial charge in [0, 0.05) is 36.7 Å². The first kappa shape index (κ1) is 20.3. The van der Waals surface area contributed by atoms with E-state index in [0.29, 0.717) is 25.6 Å². The molecule has 154 valence electrons. The molecular formula is C20H18BrF4N3O. The van der Waals surface area contributed by atoms with Crippen LogP contribution in [0.5, 0.6) is 0 Å². The Morgan fingerprint density at radius 2 is 1.86 bits per heavy atom. The number of aromatic nitrogens is 2. The molecule has 1 fully saturated rings. The van der Waals surface area contributed by atoms with Crippen LogP contribution in [0, 0.1) is 5.82 Å². The lowest BCUT2D eigenvalue weighted by atomic mass is 10.1. The van der Waals surface area contributed by atoms with Crippen molar-refractivity contribution in [2.24, 2.45) is 0 Å². The fraction of sp³-hybridized carbons (Fsp3) is 0.350. The number of rotatable bonds is 4. The van der Waals surface area contributed by atoms with Crippen molar-refractivity contribution in [1.29, 1.82) is 0 Å². The highest BCUT2D eigenvalue weighted by Gasteiger charge is 2.37. The highest BCUT2D eigenvalue weighted by Crippen LogP contribution is 2.38. The van der Waals surface area contributed by atoms with Crippen molar-refractivity contribution in [3.05, 3.63) is 69.5 Å². The Labute approximate surface area is 173 Å². The van der Waals surface area contributed by atoms with Crippen LogP contribution in [0.1, 0.15) is 22.6 Å². The van der Waals surface area contributed by atoms with E-state index < -0.39 is 17.6 Å². The van der Waals surface area contributed by atoms with Crippen molar-refractivity contribution in [2.75, 3.05) is 26.3 Å². The highest BCUT2D eigenvalue weighted by molar-refractivity contribution is 9.10. The first-order chi connectivity index (χ1) is 13.8. The van der Waals surface area contributed by atoms with E-state index in [0.717, 1.165) is 24.3 Å². The number of halogens is 5. The number of morpholine rings is 1. The molecule has 1 saturated heterocycles.